The summed E-state index contributed by atoms with van der Waals surface area (Å²) >= 11 is 0. The predicted molar refractivity (Wildman–Crippen MR) is 123 cm³/mol. The molecule has 0 heterocycles. The topological polar surface area (TPSA) is 114 Å². The van der Waals surface area contributed by atoms with E-state index in [1.807, 2.05) is 24.3 Å². The van der Waals surface area contributed by atoms with E-state index in [2.05, 4.69) is 34.9 Å². The highest BCUT2D eigenvalue weighted by Crippen LogP contribution is 2.63. The summed E-state index contributed by atoms with van der Waals surface area (Å²) in [5.74, 6) is -1.28. The van der Waals surface area contributed by atoms with Crippen LogP contribution >= 0.6 is 0 Å². The smallest absolute Gasteiger partial charge is 0.407 e. The maximum Gasteiger partial charge on any atom is 0.407 e. The van der Waals surface area contributed by atoms with Crippen LogP contribution in [0.4, 0.5) is 4.79 Å². The van der Waals surface area contributed by atoms with Crippen molar-refractivity contribution >= 4 is 18.0 Å². The number of nitrogens with one attached hydrogen (secondary N) is 2. The second-order valence-corrected chi connectivity index (χ2v) is 9.48. The Kier molecular flexibility index (Phi) is 5.77. The molecule has 3 unspecified atom stereocenters. The lowest BCUT2D eigenvalue weighted by Crippen LogP contribution is -2.47. The number of amides is 2. The van der Waals surface area contributed by atoms with E-state index in [1.165, 1.54) is 18.2 Å². The molecule has 2 aromatic carbocycles. The highest BCUT2D eigenvalue weighted by Gasteiger charge is 2.65. The maximum atomic E-state index is 12.8. The van der Waals surface area contributed by atoms with E-state index in [9.17, 15) is 19.5 Å². The number of fused-ring (bicyclic) bond motifs is 4. The molecule has 2 saturated carbocycles. The van der Waals surface area contributed by atoms with E-state index in [-0.39, 0.29) is 37.0 Å². The molecule has 0 aliphatic heterocycles. The van der Waals surface area contributed by atoms with Gasteiger partial charge in [0.15, 0.2) is 6.04 Å². The van der Waals surface area contributed by atoms with Crippen LogP contribution in [-0.4, -0.2) is 55.5 Å². The van der Waals surface area contributed by atoms with Crippen molar-refractivity contribution in [2.75, 3.05) is 20.3 Å². The lowest BCUT2D eigenvalue weighted by atomic mass is 9.98. The Balaban J connectivity index is 1.17. The first-order valence-corrected chi connectivity index (χ1v) is 11.6. The second kappa shape index (κ2) is 8.76. The van der Waals surface area contributed by atoms with E-state index in [0.717, 1.165) is 11.1 Å². The molecule has 2 fully saturated rings. The van der Waals surface area contributed by atoms with E-state index in [1.54, 1.807) is 0 Å². The maximum absolute atomic E-state index is 12.8. The Bertz CT molecular complexity index is 1090. The SMILES string of the molecule is COC[C@H](NC(=O)C12CC(NC(=O)OCC3c4ccccc4-c4ccccc43)CC1C2)C(=O)O. The molecule has 34 heavy (non-hydrogen) atoms. The number of carbonyl (C=O) groups is 3. The summed E-state index contributed by atoms with van der Waals surface area (Å²) in [6, 6.07) is 15.1. The van der Waals surface area contributed by atoms with E-state index >= 15 is 0 Å². The molecule has 0 aromatic heterocycles. The van der Waals surface area contributed by atoms with Gasteiger partial charge in [-0.25, -0.2) is 9.59 Å². The molecule has 2 amide bonds. The van der Waals surface area contributed by atoms with Crippen LogP contribution in [0.1, 0.15) is 36.3 Å². The average Bonchev–Trinajstić information content (AvgIpc) is 3.25. The summed E-state index contributed by atoms with van der Waals surface area (Å²) in [4.78, 5) is 36.7. The fraction of sp³-hybridized carbons (Fsp3) is 0.423. The number of methoxy groups -OCH3 is 1. The minimum Gasteiger partial charge on any atom is -0.480 e. The normalized spacial score (nSPS) is 25.0. The van der Waals surface area contributed by atoms with Gasteiger partial charge in [-0.05, 0) is 47.4 Å². The number of rotatable bonds is 8. The van der Waals surface area contributed by atoms with Crippen molar-refractivity contribution in [1.82, 2.24) is 10.6 Å². The van der Waals surface area contributed by atoms with Gasteiger partial charge in [0.1, 0.15) is 6.61 Å². The van der Waals surface area contributed by atoms with Crippen molar-refractivity contribution in [2.24, 2.45) is 11.3 Å². The van der Waals surface area contributed by atoms with Gasteiger partial charge in [-0.15, -0.1) is 0 Å². The number of benzene rings is 2. The first kappa shape index (κ1) is 22.4. The molecule has 178 valence electrons. The largest absolute Gasteiger partial charge is 0.480 e. The zero-order valence-electron chi connectivity index (χ0n) is 19.0. The molecule has 5 rings (SSSR count). The predicted octanol–water partition coefficient (Wildman–Crippen LogP) is 2.91. The summed E-state index contributed by atoms with van der Waals surface area (Å²) in [6.07, 6.45) is 1.37. The number of ether oxygens (including phenoxy) is 2. The van der Waals surface area contributed by atoms with Crippen LogP contribution in [0.2, 0.25) is 0 Å². The minimum atomic E-state index is -1.13. The number of aliphatic carboxylic acids is 1. The number of alkyl carbamates (subject to hydrolysis) is 1. The second-order valence-electron chi connectivity index (χ2n) is 9.48. The van der Waals surface area contributed by atoms with Crippen molar-refractivity contribution < 1.29 is 29.0 Å². The quantitative estimate of drug-likeness (QED) is 0.554. The zero-order chi connectivity index (χ0) is 23.9. The number of carboxylic acid groups (broad SMARTS) is 1. The fourth-order valence-electron chi connectivity index (χ4n) is 5.74. The summed E-state index contributed by atoms with van der Waals surface area (Å²) < 4.78 is 10.5. The molecule has 3 N–H and O–H groups in total. The molecule has 0 saturated heterocycles. The van der Waals surface area contributed by atoms with Crippen LogP contribution in [0.3, 0.4) is 0 Å². The number of carboxylic acids is 1. The Hall–Kier alpha value is -3.39. The van der Waals surface area contributed by atoms with Gasteiger partial charge < -0.3 is 25.2 Å². The Labute approximate surface area is 197 Å². The summed E-state index contributed by atoms with van der Waals surface area (Å²) in [6.45, 7) is 0.141. The Morgan fingerprint density at radius 1 is 1.06 bits per heavy atom. The van der Waals surface area contributed by atoms with Crippen molar-refractivity contribution in [3.05, 3.63) is 59.7 Å². The highest BCUT2D eigenvalue weighted by molar-refractivity contribution is 5.90. The van der Waals surface area contributed by atoms with Gasteiger partial charge in [0.25, 0.3) is 0 Å². The molecular formula is C26H28N2O6. The van der Waals surface area contributed by atoms with Crippen molar-refractivity contribution in [2.45, 2.75) is 37.3 Å². The third kappa shape index (κ3) is 3.92. The van der Waals surface area contributed by atoms with Gasteiger partial charge in [-0.1, -0.05) is 48.5 Å². The Morgan fingerprint density at radius 3 is 2.32 bits per heavy atom. The lowest BCUT2D eigenvalue weighted by Gasteiger charge is -2.21. The molecule has 4 atom stereocenters. The van der Waals surface area contributed by atoms with E-state index in [4.69, 9.17) is 9.47 Å². The number of hydrogen-bond acceptors (Lipinski definition) is 5. The molecular weight excluding hydrogens is 436 g/mol. The van der Waals surface area contributed by atoms with Crippen LogP contribution in [-0.2, 0) is 19.1 Å². The lowest BCUT2D eigenvalue weighted by molar-refractivity contribution is -0.144. The molecule has 3 aliphatic carbocycles. The molecule has 0 bridgehead atoms. The first-order valence-electron chi connectivity index (χ1n) is 11.6. The summed E-state index contributed by atoms with van der Waals surface area (Å²) in [5, 5.41) is 14.8. The Morgan fingerprint density at radius 2 is 1.71 bits per heavy atom. The summed E-state index contributed by atoms with van der Waals surface area (Å²) in [7, 11) is 1.39. The van der Waals surface area contributed by atoms with Crippen LogP contribution < -0.4 is 10.6 Å². The van der Waals surface area contributed by atoms with Crippen molar-refractivity contribution in [3.63, 3.8) is 0 Å². The minimum absolute atomic E-state index is 0.0130. The monoisotopic (exact) mass is 464 g/mol. The van der Waals surface area contributed by atoms with Gasteiger partial charge in [0.2, 0.25) is 5.91 Å². The standard InChI is InChI=1S/C26H28N2O6/c1-33-14-22(23(29)30)28-24(31)26-11-15(26)10-16(12-26)27-25(32)34-13-21-19-8-4-2-6-17(19)18-7-3-5-9-20(18)21/h2-9,15-16,21-22H,10-14H2,1H3,(H,27,32)(H,28,31)(H,29,30)/t15?,16?,22-,26?/m0/s1. The van der Waals surface area contributed by atoms with Crippen LogP contribution in [0.15, 0.2) is 48.5 Å². The highest BCUT2D eigenvalue weighted by atomic mass is 16.5. The molecule has 3 aliphatic rings. The average molecular weight is 465 g/mol. The zero-order valence-corrected chi connectivity index (χ0v) is 19.0. The van der Waals surface area contributed by atoms with Gasteiger partial charge >= 0.3 is 12.1 Å². The molecule has 8 nitrogen and oxygen atoms in total. The third-order valence-corrected chi connectivity index (χ3v) is 7.47. The molecule has 0 spiro atoms. The van der Waals surface area contributed by atoms with Crippen LogP contribution in [0.25, 0.3) is 11.1 Å². The number of hydrogen-bond donors (Lipinski definition) is 3. The molecule has 8 heteroatoms. The van der Waals surface area contributed by atoms with Gasteiger partial charge in [-0.3, -0.25) is 4.79 Å². The molecule has 2 aromatic rings. The van der Waals surface area contributed by atoms with Gasteiger partial charge in [0.05, 0.1) is 12.0 Å². The number of carbonyl (C=O) groups excluding carboxylic acids is 2. The van der Waals surface area contributed by atoms with Crippen LogP contribution in [0, 0.1) is 11.3 Å². The fourth-order valence-corrected chi connectivity index (χ4v) is 5.74. The van der Waals surface area contributed by atoms with Crippen molar-refractivity contribution in [3.8, 4) is 11.1 Å². The van der Waals surface area contributed by atoms with Gasteiger partial charge in [0, 0.05) is 19.1 Å². The van der Waals surface area contributed by atoms with E-state index < -0.39 is 23.5 Å². The van der Waals surface area contributed by atoms with E-state index in [0.29, 0.717) is 19.3 Å². The third-order valence-electron chi connectivity index (χ3n) is 7.47. The first-order chi connectivity index (χ1) is 16.4. The molecule has 0 radical (unpaired) electrons. The summed E-state index contributed by atoms with van der Waals surface area (Å²) in [5.41, 5.74) is 4.03. The van der Waals surface area contributed by atoms with Crippen LogP contribution in [0.5, 0.6) is 0 Å². The van der Waals surface area contributed by atoms with Crippen molar-refractivity contribution in [1.29, 1.82) is 0 Å². The van der Waals surface area contributed by atoms with Gasteiger partial charge in [-0.2, -0.15) is 0 Å².